The molecule has 0 saturated carbocycles. The van der Waals surface area contributed by atoms with Crippen LogP contribution in [0, 0.1) is 6.92 Å². The lowest BCUT2D eigenvalue weighted by molar-refractivity contribution is 0.0930. The summed E-state index contributed by atoms with van der Waals surface area (Å²) in [7, 11) is 0. The summed E-state index contributed by atoms with van der Waals surface area (Å²) in [6.07, 6.45) is 5.36. The van der Waals surface area contributed by atoms with Crippen LogP contribution in [-0.4, -0.2) is 15.9 Å². The van der Waals surface area contributed by atoms with E-state index in [1.165, 1.54) is 18.0 Å². The van der Waals surface area contributed by atoms with E-state index in [1.807, 2.05) is 38.1 Å². The fraction of sp³-hybridized carbons (Fsp3) is 0.267. The van der Waals surface area contributed by atoms with Crippen molar-refractivity contribution in [1.82, 2.24) is 15.3 Å². The Morgan fingerprint density at radius 2 is 2.00 bits per heavy atom. The number of carbonyl (C=O) groups is 1. The van der Waals surface area contributed by atoms with E-state index in [0.717, 1.165) is 12.0 Å². The Bertz CT molecular complexity index is 537. The van der Waals surface area contributed by atoms with E-state index in [-0.39, 0.29) is 11.9 Å². The quantitative estimate of drug-likeness (QED) is 0.913. The Labute approximate surface area is 112 Å². The van der Waals surface area contributed by atoms with E-state index in [4.69, 9.17) is 0 Å². The minimum Gasteiger partial charge on any atom is -0.344 e. The standard InChI is InChI=1S/C15H17N3O/c1-3-13(12-6-4-11(2)5-7-12)18-15(19)14-10-16-8-9-17-14/h4-10,13H,3H2,1-2H3,(H,18,19)/t13-/m0/s1. The minimum absolute atomic E-state index is 0.00453. The molecule has 0 unspecified atom stereocenters. The van der Waals surface area contributed by atoms with Gasteiger partial charge in [0.05, 0.1) is 12.2 Å². The number of carbonyl (C=O) groups excluding carboxylic acids is 1. The summed E-state index contributed by atoms with van der Waals surface area (Å²) in [5, 5.41) is 2.98. The maximum absolute atomic E-state index is 12.0. The molecule has 98 valence electrons. The first-order valence-corrected chi connectivity index (χ1v) is 6.34. The van der Waals surface area contributed by atoms with Gasteiger partial charge in [0.15, 0.2) is 0 Å². The number of aryl methyl sites for hydroxylation is 1. The van der Waals surface area contributed by atoms with E-state index < -0.39 is 0 Å². The van der Waals surface area contributed by atoms with Crippen molar-refractivity contribution < 1.29 is 4.79 Å². The average Bonchev–Trinajstić information content (AvgIpc) is 2.46. The van der Waals surface area contributed by atoms with Crippen LogP contribution in [0.3, 0.4) is 0 Å². The third kappa shape index (κ3) is 3.37. The van der Waals surface area contributed by atoms with Crippen molar-refractivity contribution in [3.63, 3.8) is 0 Å². The van der Waals surface area contributed by atoms with Crippen LogP contribution in [0.5, 0.6) is 0 Å². The second-order valence-electron chi connectivity index (χ2n) is 4.44. The van der Waals surface area contributed by atoms with Crippen molar-refractivity contribution in [3.05, 3.63) is 59.7 Å². The highest BCUT2D eigenvalue weighted by Crippen LogP contribution is 2.17. The smallest absolute Gasteiger partial charge is 0.271 e. The SMILES string of the molecule is CC[C@H](NC(=O)c1cnccn1)c1ccc(C)cc1. The Morgan fingerprint density at radius 3 is 2.58 bits per heavy atom. The van der Waals surface area contributed by atoms with Crippen LogP contribution in [0.15, 0.2) is 42.9 Å². The normalized spacial score (nSPS) is 11.9. The summed E-state index contributed by atoms with van der Waals surface area (Å²) in [4.78, 5) is 19.9. The Hall–Kier alpha value is -2.23. The number of hydrogen-bond acceptors (Lipinski definition) is 3. The maximum Gasteiger partial charge on any atom is 0.271 e. The lowest BCUT2D eigenvalue weighted by Crippen LogP contribution is -2.28. The van der Waals surface area contributed by atoms with Crippen LogP contribution in [0.25, 0.3) is 0 Å². The van der Waals surface area contributed by atoms with Gasteiger partial charge < -0.3 is 5.32 Å². The van der Waals surface area contributed by atoms with Crippen LogP contribution in [0.1, 0.15) is 41.0 Å². The van der Waals surface area contributed by atoms with Crippen LogP contribution in [0.4, 0.5) is 0 Å². The van der Waals surface area contributed by atoms with Gasteiger partial charge in [0.1, 0.15) is 5.69 Å². The molecule has 0 spiro atoms. The predicted molar refractivity (Wildman–Crippen MR) is 73.7 cm³/mol. The van der Waals surface area contributed by atoms with Crippen LogP contribution in [0.2, 0.25) is 0 Å². The molecule has 4 heteroatoms. The minimum atomic E-state index is -0.194. The van der Waals surface area contributed by atoms with Crippen LogP contribution < -0.4 is 5.32 Å². The number of hydrogen-bond donors (Lipinski definition) is 1. The molecule has 2 aromatic rings. The Morgan fingerprint density at radius 1 is 1.26 bits per heavy atom. The van der Waals surface area contributed by atoms with Gasteiger partial charge in [0, 0.05) is 12.4 Å². The zero-order chi connectivity index (χ0) is 13.7. The summed E-state index contributed by atoms with van der Waals surface area (Å²) < 4.78 is 0. The predicted octanol–water partition coefficient (Wildman–Crippen LogP) is 2.67. The third-order valence-corrected chi connectivity index (χ3v) is 2.99. The van der Waals surface area contributed by atoms with Crippen molar-refractivity contribution in [3.8, 4) is 0 Å². The molecule has 2 rings (SSSR count). The summed E-state index contributed by atoms with van der Waals surface area (Å²) in [5.74, 6) is -0.194. The highest BCUT2D eigenvalue weighted by Gasteiger charge is 2.14. The molecule has 1 atom stereocenters. The van der Waals surface area contributed by atoms with Gasteiger partial charge in [-0.05, 0) is 18.9 Å². The van der Waals surface area contributed by atoms with Crippen molar-refractivity contribution in [2.45, 2.75) is 26.3 Å². The van der Waals surface area contributed by atoms with Gasteiger partial charge in [0.25, 0.3) is 5.91 Å². The molecular formula is C15H17N3O. The van der Waals surface area contributed by atoms with Crippen molar-refractivity contribution >= 4 is 5.91 Å². The van der Waals surface area contributed by atoms with Gasteiger partial charge in [-0.25, -0.2) is 4.98 Å². The molecule has 1 heterocycles. The molecule has 0 fully saturated rings. The van der Waals surface area contributed by atoms with Gasteiger partial charge in [-0.3, -0.25) is 9.78 Å². The first kappa shape index (κ1) is 13.2. The number of amides is 1. The fourth-order valence-electron chi connectivity index (χ4n) is 1.87. The van der Waals surface area contributed by atoms with E-state index in [2.05, 4.69) is 15.3 Å². The highest BCUT2D eigenvalue weighted by atomic mass is 16.1. The molecule has 0 radical (unpaired) electrons. The van der Waals surface area contributed by atoms with E-state index in [1.54, 1.807) is 6.20 Å². The number of rotatable bonds is 4. The molecule has 0 aliphatic carbocycles. The Balaban J connectivity index is 2.11. The topological polar surface area (TPSA) is 54.9 Å². The molecule has 0 aliphatic rings. The van der Waals surface area contributed by atoms with E-state index >= 15 is 0 Å². The maximum atomic E-state index is 12.0. The van der Waals surface area contributed by atoms with Crippen LogP contribution in [-0.2, 0) is 0 Å². The zero-order valence-electron chi connectivity index (χ0n) is 11.1. The summed E-state index contributed by atoms with van der Waals surface area (Å²) in [5.41, 5.74) is 2.65. The van der Waals surface area contributed by atoms with Gasteiger partial charge in [-0.1, -0.05) is 36.8 Å². The lowest BCUT2D eigenvalue weighted by Gasteiger charge is -2.17. The number of nitrogens with zero attached hydrogens (tertiary/aromatic N) is 2. The summed E-state index contributed by atoms with van der Waals surface area (Å²) in [6.45, 7) is 4.09. The third-order valence-electron chi connectivity index (χ3n) is 2.99. The lowest BCUT2D eigenvalue weighted by atomic mass is 10.0. The molecule has 19 heavy (non-hydrogen) atoms. The fourth-order valence-corrected chi connectivity index (χ4v) is 1.87. The first-order chi connectivity index (χ1) is 9.20. The number of nitrogens with one attached hydrogen (secondary N) is 1. The molecule has 0 saturated heterocycles. The molecule has 0 aliphatic heterocycles. The molecule has 1 amide bonds. The average molecular weight is 255 g/mol. The summed E-state index contributed by atoms with van der Waals surface area (Å²) >= 11 is 0. The van der Waals surface area contributed by atoms with Crippen LogP contribution >= 0.6 is 0 Å². The molecule has 0 bridgehead atoms. The second kappa shape index (κ2) is 6.09. The molecule has 1 aromatic carbocycles. The zero-order valence-corrected chi connectivity index (χ0v) is 11.1. The number of aromatic nitrogens is 2. The van der Waals surface area contributed by atoms with Gasteiger partial charge in [-0.15, -0.1) is 0 Å². The highest BCUT2D eigenvalue weighted by molar-refractivity contribution is 5.92. The number of benzene rings is 1. The van der Waals surface area contributed by atoms with E-state index in [9.17, 15) is 4.79 Å². The molecule has 1 N–H and O–H groups in total. The van der Waals surface area contributed by atoms with Gasteiger partial charge in [-0.2, -0.15) is 0 Å². The Kier molecular flexibility index (Phi) is 4.23. The monoisotopic (exact) mass is 255 g/mol. The molecule has 1 aromatic heterocycles. The van der Waals surface area contributed by atoms with Crippen molar-refractivity contribution in [1.29, 1.82) is 0 Å². The van der Waals surface area contributed by atoms with Crippen molar-refractivity contribution in [2.24, 2.45) is 0 Å². The van der Waals surface area contributed by atoms with E-state index in [0.29, 0.717) is 5.69 Å². The van der Waals surface area contributed by atoms with Gasteiger partial charge >= 0.3 is 0 Å². The molecular weight excluding hydrogens is 238 g/mol. The van der Waals surface area contributed by atoms with Gasteiger partial charge in [0.2, 0.25) is 0 Å². The van der Waals surface area contributed by atoms with Crippen molar-refractivity contribution in [2.75, 3.05) is 0 Å². The summed E-state index contributed by atoms with van der Waals surface area (Å²) in [6, 6.07) is 8.18. The first-order valence-electron chi connectivity index (χ1n) is 6.34. The molecule has 4 nitrogen and oxygen atoms in total. The second-order valence-corrected chi connectivity index (χ2v) is 4.44. The largest absolute Gasteiger partial charge is 0.344 e.